The monoisotopic (exact) mass is 441 g/mol. The minimum atomic E-state index is -0.614. The smallest absolute Gasteiger partial charge is 0.173 e. The fourth-order valence-corrected chi connectivity index (χ4v) is 4.98. The van der Waals surface area contributed by atoms with Crippen LogP contribution in [0.3, 0.4) is 0 Å². The molecule has 0 aliphatic heterocycles. The van der Waals surface area contributed by atoms with E-state index in [9.17, 15) is 8.78 Å². The van der Waals surface area contributed by atoms with E-state index in [-0.39, 0.29) is 0 Å². The summed E-state index contributed by atoms with van der Waals surface area (Å²) in [6.45, 7) is 3.71. The van der Waals surface area contributed by atoms with Crippen LogP contribution >= 0.6 is 12.2 Å². The van der Waals surface area contributed by atoms with Gasteiger partial charge in [0.15, 0.2) is 5.11 Å². The Morgan fingerprint density at radius 2 is 1.74 bits per heavy atom. The number of nitrogens with one attached hydrogen (secondary N) is 1. The van der Waals surface area contributed by atoms with Crippen LogP contribution in [0.2, 0.25) is 0 Å². The van der Waals surface area contributed by atoms with Crippen LogP contribution in [0, 0.1) is 11.6 Å². The third-order valence-corrected chi connectivity index (χ3v) is 6.53. The van der Waals surface area contributed by atoms with Gasteiger partial charge in [-0.05, 0) is 55.7 Å². The number of aryl methyl sites for hydroxylation is 1. The first kappa shape index (κ1) is 21.8. The Morgan fingerprint density at radius 3 is 2.42 bits per heavy atom. The summed E-state index contributed by atoms with van der Waals surface area (Å²) in [6.07, 6.45) is 9.20. The molecule has 0 spiro atoms. The Balaban J connectivity index is 1.65. The van der Waals surface area contributed by atoms with Crippen molar-refractivity contribution in [2.45, 2.75) is 64.6 Å². The molecule has 2 aromatic carbocycles. The summed E-state index contributed by atoms with van der Waals surface area (Å²) >= 11 is 5.79. The van der Waals surface area contributed by atoms with E-state index in [1.165, 1.54) is 54.3 Å². The van der Waals surface area contributed by atoms with Gasteiger partial charge in [-0.3, -0.25) is 0 Å². The van der Waals surface area contributed by atoms with Crippen molar-refractivity contribution < 1.29 is 8.78 Å². The second-order valence-corrected chi connectivity index (χ2v) is 8.71. The van der Waals surface area contributed by atoms with Gasteiger partial charge < -0.3 is 14.8 Å². The molecule has 1 aliphatic rings. The fraction of sp³-hybridized carbons (Fsp3) is 0.400. The summed E-state index contributed by atoms with van der Waals surface area (Å²) in [7, 11) is 0. The van der Waals surface area contributed by atoms with Crippen LogP contribution in [-0.2, 0) is 13.1 Å². The average molecular weight is 442 g/mol. The van der Waals surface area contributed by atoms with Gasteiger partial charge >= 0.3 is 0 Å². The van der Waals surface area contributed by atoms with E-state index in [0.29, 0.717) is 23.4 Å². The molecule has 1 heterocycles. The Bertz CT molecular complexity index is 1030. The van der Waals surface area contributed by atoms with Crippen molar-refractivity contribution >= 4 is 33.9 Å². The normalized spacial score (nSPS) is 15.1. The predicted octanol–water partition coefficient (Wildman–Crippen LogP) is 6.86. The molecule has 3 aromatic rings. The van der Waals surface area contributed by atoms with Gasteiger partial charge in [0.1, 0.15) is 11.6 Å². The van der Waals surface area contributed by atoms with E-state index in [0.717, 1.165) is 25.5 Å². The van der Waals surface area contributed by atoms with Crippen molar-refractivity contribution in [1.29, 1.82) is 0 Å². The van der Waals surface area contributed by atoms with Crippen LogP contribution < -0.4 is 5.32 Å². The molecule has 3 nitrogen and oxygen atoms in total. The van der Waals surface area contributed by atoms with Crippen LogP contribution in [0.4, 0.5) is 14.5 Å². The number of halogens is 2. The summed E-state index contributed by atoms with van der Waals surface area (Å²) in [5.74, 6) is -1.23. The number of aromatic nitrogens is 1. The molecule has 0 bridgehead atoms. The number of nitrogens with zero attached hydrogens (tertiary/aromatic N) is 2. The first-order valence-electron chi connectivity index (χ1n) is 11.2. The Morgan fingerprint density at radius 1 is 1.06 bits per heavy atom. The highest BCUT2D eigenvalue weighted by atomic mass is 32.1. The largest absolute Gasteiger partial charge is 0.347 e. The summed E-state index contributed by atoms with van der Waals surface area (Å²) in [5.41, 5.74) is 2.78. The summed E-state index contributed by atoms with van der Waals surface area (Å²) in [4.78, 5) is 2.23. The van der Waals surface area contributed by atoms with Crippen molar-refractivity contribution in [3.8, 4) is 0 Å². The van der Waals surface area contributed by atoms with Gasteiger partial charge in [0, 0.05) is 48.0 Å². The zero-order valence-electron chi connectivity index (χ0n) is 17.9. The highest BCUT2D eigenvalue weighted by Crippen LogP contribution is 2.28. The fourth-order valence-electron chi connectivity index (χ4n) is 4.65. The van der Waals surface area contributed by atoms with Gasteiger partial charge in [-0.1, -0.05) is 43.9 Å². The van der Waals surface area contributed by atoms with E-state index in [4.69, 9.17) is 12.2 Å². The van der Waals surface area contributed by atoms with E-state index in [1.807, 2.05) is 0 Å². The summed E-state index contributed by atoms with van der Waals surface area (Å²) in [5, 5.41) is 4.84. The third-order valence-electron chi connectivity index (χ3n) is 6.19. The molecule has 1 aromatic heterocycles. The number of anilines is 1. The first-order chi connectivity index (χ1) is 15.0. The lowest BCUT2D eigenvalue weighted by Crippen LogP contribution is -2.42. The van der Waals surface area contributed by atoms with Crippen molar-refractivity contribution in [2.75, 3.05) is 5.32 Å². The van der Waals surface area contributed by atoms with Gasteiger partial charge in [0.05, 0.1) is 0 Å². The van der Waals surface area contributed by atoms with Gasteiger partial charge in [0.2, 0.25) is 0 Å². The molecule has 1 N–H and O–H groups in total. The van der Waals surface area contributed by atoms with E-state index in [1.54, 1.807) is 0 Å². The predicted molar refractivity (Wildman–Crippen MR) is 127 cm³/mol. The Hall–Kier alpha value is -2.47. The number of fused-ring (bicyclic) bond motifs is 1. The highest BCUT2D eigenvalue weighted by molar-refractivity contribution is 7.80. The number of hydrogen-bond donors (Lipinski definition) is 1. The van der Waals surface area contributed by atoms with Gasteiger partial charge in [0.25, 0.3) is 0 Å². The van der Waals surface area contributed by atoms with Crippen molar-refractivity contribution in [2.24, 2.45) is 0 Å². The zero-order chi connectivity index (χ0) is 21.8. The van der Waals surface area contributed by atoms with E-state index in [2.05, 4.69) is 52.2 Å². The number of thiocarbonyl (C=S) groups is 1. The SMILES string of the molecule is CCn1cc(CN(C(=S)Nc2cc(F)cc(F)c2)C2CCCCCC2)c2ccccc21. The summed E-state index contributed by atoms with van der Waals surface area (Å²) in [6, 6.07) is 12.2. The number of benzene rings is 2. The molecule has 164 valence electrons. The molecule has 31 heavy (non-hydrogen) atoms. The number of para-hydroxylation sites is 1. The topological polar surface area (TPSA) is 20.2 Å². The minimum Gasteiger partial charge on any atom is -0.347 e. The van der Waals surface area contributed by atoms with Crippen LogP contribution in [0.25, 0.3) is 10.9 Å². The summed E-state index contributed by atoms with van der Waals surface area (Å²) < 4.78 is 29.7. The second kappa shape index (κ2) is 9.77. The lowest BCUT2D eigenvalue weighted by atomic mass is 10.1. The van der Waals surface area contributed by atoms with E-state index < -0.39 is 11.6 Å². The third kappa shape index (κ3) is 5.06. The Kier molecular flexibility index (Phi) is 6.86. The lowest BCUT2D eigenvalue weighted by molar-refractivity contribution is 0.281. The Labute approximate surface area is 188 Å². The minimum absolute atomic E-state index is 0.310. The molecular weight excluding hydrogens is 412 g/mol. The molecular formula is C25H29F2N3S. The van der Waals surface area contributed by atoms with Gasteiger partial charge in [-0.25, -0.2) is 8.78 Å². The maximum atomic E-state index is 13.7. The van der Waals surface area contributed by atoms with Crippen LogP contribution in [0.1, 0.15) is 51.0 Å². The lowest BCUT2D eigenvalue weighted by Gasteiger charge is -2.33. The second-order valence-electron chi connectivity index (χ2n) is 8.32. The zero-order valence-corrected chi connectivity index (χ0v) is 18.7. The van der Waals surface area contributed by atoms with Gasteiger partial charge in [-0.15, -0.1) is 0 Å². The molecule has 0 saturated heterocycles. The van der Waals surface area contributed by atoms with Crippen LogP contribution in [0.15, 0.2) is 48.7 Å². The molecule has 0 unspecified atom stereocenters. The number of rotatable bonds is 5. The van der Waals surface area contributed by atoms with Crippen molar-refractivity contribution in [1.82, 2.24) is 9.47 Å². The molecule has 0 amide bonds. The molecule has 1 saturated carbocycles. The maximum absolute atomic E-state index is 13.7. The molecule has 4 rings (SSSR count). The molecule has 1 fully saturated rings. The molecule has 6 heteroatoms. The molecule has 0 radical (unpaired) electrons. The van der Waals surface area contributed by atoms with Crippen molar-refractivity contribution in [3.05, 3.63) is 65.9 Å². The maximum Gasteiger partial charge on any atom is 0.173 e. The molecule has 0 atom stereocenters. The van der Waals surface area contributed by atoms with Crippen molar-refractivity contribution in [3.63, 3.8) is 0 Å². The van der Waals surface area contributed by atoms with Crippen LogP contribution in [-0.4, -0.2) is 20.6 Å². The number of hydrogen-bond acceptors (Lipinski definition) is 1. The highest BCUT2D eigenvalue weighted by Gasteiger charge is 2.24. The van der Waals surface area contributed by atoms with Crippen LogP contribution in [0.5, 0.6) is 0 Å². The first-order valence-corrected chi connectivity index (χ1v) is 11.6. The standard InChI is InChI=1S/C25H29F2N3S/c1-2-29-16-18(23-11-7-8-12-24(23)29)17-30(22-9-5-3-4-6-10-22)25(31)28-21-14-19(26)13-20(27)15-21/h7-8,11-16,22H,2-6,9-10,17H2,1H3,(H,28,31). The molecule has 1 aliphatic carbocycles. The van der Waals surface area contributed by atoms with E-state index >= 15 is 0 Å². The quantitative estimate of drug-likeness (QED) is 0.345. The van der Waals surface area contributed by atoms with Gasteiger partial charge in [-0.2, -0.15) is 0 Å². The average Bonchev–Trinajstić information content (AvgIpc) is 2.89.